The molecule has 2 atom stereocenters. The zero-order valence-corrected chi connectivity index (χ0v) is 16.0. The monoisotopic (exact) mass is 433 g/mol. The van der Waals surface area contributed by atoms with Crippen LogP contribution in [-0.4, -0.2) is 35.2 Å². The van der Waals surface area contributed by atoms with Gasteiger partial charge in [-0.3, -0.25) is 4.90 Å². The van der Waals surface area contributed by atoms with Gasteiger partial charge in [-0.05, 0) is 83.6 Å². The summed E-state index contributed by atoms with van der Waals surface area (Å²) < 4.78 is 1.30. The minimum absolute atomic E-state index is 0.235. The molecule has 24 heavy (non-hydrogen) atoms. The molecule has 1 N–H and O–H groups in total. The first kappa shape index (κ1) is 16.6. The molecule has 2 aromatic rings. The van der Waals surface area contributed by atoms with Gasteiger partial charge in [0.25, 0.3) is 0 Å². The minimum atomic E-state index is -0.235. The van der Waals surface area contributed by atoms with Crippen LogP contribution in [0.3, 0.4) is 0 Å². The van der Waals surface area contributed by atoms with E-state index in [9.17, 15) is 5.11 Å². The second kappa shape index (κ2) is 7.14. The van der Waals surface area contributed by atoms with Gasteiger partial charge in [0, 0.05) is 16.0 Å². The second-order valence-corrected chi connectivity index (χ2v) is 8.30. The van der Waals surface area contributed by atoms with Crippen molar-refractivity contribution in [3.8, 4) is 0 Å². The molecule has 3 heteroatoms. The molecule has 0 aromatic heterocycles. The second-order valence-electron chi connectivity index (χ2n) is 7.14. The van der Waals surface area contributed by atoms with Gasteiger partial charge in [-0.15, -0.1) is 0 Å². The Hall–Kier alpha value is -0.910. The van der Waals surface area contributed by atoms with E-state index in [2.05, 4.69) is 76.0 Å². The predicted octanol–water partition coefficient (Wildman–Crippen LogP) is 4.00. The van der Waals surface area contributed by atoms with Gasteiger partial charge in [-0.1, -0.05) is 42.5 Å². The lowest BCUT2D eigenvalue weighted by molar-refractivity contribution is 0.0293. The standard InChI is InChI=1S/C21H24INO/c22-19-8-4-7-17-13-20(21(24)14-18(17)19)23-11-9-16(10-12-23)15-5-2-1-3-6-15/h1-8,16,20-21,24H,9-14H2/t20-,21-/m0/s1. The third-order valence-corrected chi connectivity index (χ3v) is 6.78. The maximum Gasteiger partial charge on any atom is 0.0739 e. The molecule has 4 rings (SSSR count). The summed E-state index contributed by atoms with van der Waals surface area (Å²) in [6, 6.07) is 17.7. The third-order valence-electron chi connectivity index (χ3n) is 5.77. The highest BCUT2D eigenvalue weighted by Gasteiger charge is 2.34. The fourth-order valence-electron chi connectivity index (χ4n) is 4.39. The first-order valence-electron chi connectivity index (χ1n) is 8.95. The molecule has 0 saturated carbocycles. The summed E-state index contributed by atoms with van der Waals surface area (Å²) in [5, 5.41) is 10.7. The largest absolute Gasteiger partial charge is 0.391 e. The maximum absolute atomic E-state index is 10.7. The van der Waals surface area contributed by atoms with E-state index in [0.717, 1.165) is 25.9 Å². The Labute approximate surface area is 158 Å². The van der Waals surface area contributed by atoms with Crippen molar-refractivity contribution >= 4 is 22.6 Å². The average Bonchev–Trinajstić information content (AvgIpc) is 2.63. The van der Waals surface area contributed by atoms with Crippen molar-refractivity contribution in [2.75, 3.05) is 13.1 Å². The first-order valence-corrected chi connectivity index (χ1v) is 10.0. The van der Waals surface area contributed by atoms with Crippen molar-refractivity contribution in [3.63, 3.8) is 0 Å². The van der Waals surface area contributed by atoms with Gasteiger partial charge in [-0.2, -0.15) is 0 Å². The van der Waals surface area contributed by atoms with Crippen LogP contribution in [0.2, 0.25) is 0 Å². The Balaban J connectivity index is 1.44. The molecule has 0 unspecified atom stereocenters. The van der Waals surface area contributed by atoms with Crippen LogP contribution in [0.15, 0.2) is 48.5 Å². The zero-order valence-electron chi connectivity index (χ0n) is 13.9. The van der Waals surface area contributed by atoms with Crippen LogP contribution in [0.5, 0.6) is 0 Å². The fourth-order valence-corrected chi connectivity index (χ4v) is 5.17. The molecule has 2 aromatic carbocycles. The van der Waals surface area contributed by atoms with Crippen LogP contribution < -0.4 is 0 Å². The number of nitrogens with zero attached hydrogens (tertiary/aromatic N) is 1. The number of hydrogen-bond donors (Lipinski definition) is 1. The molecular formula is C21H24INO. The number of halogens is 1. The molecule has 1 fully saturated rings. The van der Waals surface area contributed by atoms with E-state index in [4.69, 9.17) is 0 Å². The van der Waals surface area contributed by atoms with Crippen molar-refractivity contribution in [1.82, 2.24) is 4.90 Å². The lowest BCUT2D eigenvalue weighted by Crippen LogP contribution is -2.51. The Morgan fingerprint density at radius 3 is 2.42 bits per heavy atom. The molecular weight excluding hydrogens is 409 g/mol. The number of aliphatic hydroxyl groups is 1. The summed E-state index contributed by atoms with van der Waals surface area (Å²) in [7, 11) is 0. The fraction of sp³-hybridized carbons (Fsp3) is 0.429. The van der Waals surface area contributed by atoms with E-state index in [1.807, 2.05) is 0 Å². The van der Waals surface area contributed by atoms with E-state index in [1.165, 1.54) is 33.1 Å². The number of likely N-dealkylation sites (tertiary alicyclic amines) is 1. The summed E-state index contributed by atoms with van der Waals surface area (Å²) in [6.45, 7) is 2.20. The van der Waals surface area contributed by atoms with Gasteiger partial charge in [-0.25, -0.2) is 0 Å². The van der Waals surface area contributed by atoms with Crippen LogP contribution in [-0.2, 0) is 12.8 Å². The molecule has 1 saturated heterocycles. The molecule has 2 nitrogen and oxygen atoms in total. The molecule has 0 spiro atoms. The molecule has 0 bridgehead atoms. The van der Waals surface area contributed by atoms with Crippen LogP contribution in [0.1, 0.15) is 35.4 Å². The minimum Gasteiger partial charge on any atom is -0.391 e. The topological polar surface area (TPSA) is 23.5 Å². The van der Waals surface area contributed by atoms with Crippen LogP contribution in [0.25, 0.3) is 0 Å². The Morgan fingerprint density at radius 1 is 0.917 bits per heavy atom. The Morgan fingerprint density at radius 2 is 1.67 bits per heavy atom. The van der Waals surface area contributed by atoms with Crippen LogP contribution >= 0.6 is 22.6 Å². The van der Waals surface area contributed by atoms with Gasteiger partial charge in [0.2, 0.25) is 0 Å². The quantitative estimate of drug-likeness (QED) is 0.724. The first-order chi connectivity index (χ1) is 11.7. The molecule has 1 aliphatic heterocycles. The highest BCUT2D eigenvalue weighted by atomic mass is 127. The van der Waals surface area contributed by atoms with E-state index >= 15 is 0 Å². The van der Waals surface area contributed by atoms with Gasteiger partial charge in [0.05, 0.1) is 6.10 Å². The summed E-state index contributed by atoms with van der Waals surface area (Å²) in [6.07, 6.45) is 3.96. The smallest absolute Gasteiger partial charge is 0.0739 e. The molecule has 1 aliphatic carbocycles. The van der Waals surface area contributed by atoms with E-state index in [1.54, 1.807) is 0 Å². The van der Waals surface area contributed by atoms with Gasteiger partial charge >= 0.3 is 0 Å². The SMILES string of the molecule is O[C@H]1Cc2c(I)cccc2C[C@@H]1N1CCC(c2ccccc2)CC1. The van der Waals surface area contributed by atoms with Crippen molar-refractivity contribution < 1.29 is 5.11 Å². The van der Waals surface area contributed by atoms with Crippen molar-refractivity contribution in [2.45, 2.75) is 43.7 Å². The summed E-state index contributed by atoms with van der Waals surface area (Å²) in [4.78, 5) is 2.53. The van der Waals surface area contributed by atoms with E-state index in [0.29, 0.717) is 5.92 Å². The number of fused-ring (bicyclic) bond motifs is 1. The molecule has 0 radical (unpaired) electrons. The normalized spacial score (nSPS) is 25.4. The van der Waals surface area contributed by atoms with Crippen molar-refractivity contribution in [1.29, 1.82) is 0 Å². The van der Waals surface area contributed by atoms with E-state index in [-0.39, 0.29) is 12.1 Å². The van der Waals surface area contributed by atoms with Crippen LogP contribution in [0, 0.1) is 3.57 Å². The lowest BCUT2D eigenvalue weighted by Gasteiger charge is -2.42. The van der Waals surface area contributed by atoms with Gasteiger partial charge in [0.1, 0.15) is 0 Å². The summed E-state index contributed by atoms with van der Waals surface area (Å²) >= 11 is 2.40. The highest BCUT2D eigenvalue weighted by Crippen LogP contribution is 2.33. The molecule has 2 aliphatic rings. The average molecular weight is 433 g/mol. The van der Waals surface area contributed by atoms with Gasteiger partial charge < -0.3 is 5.11 Å². The maximum atomic E-state index is 10.7. The lowest BCUT2D eigenvalue weighted by atomic mass is 9.83. The number of benzene rings is 2. The van der Waals surface area contributed by atoms with E-state index < -0.39 is 0 Å². The van der Waals surface area contributed by atoms with Crippen molar-refractivity contribution in [3.05, 3.63) is 68.8 Å². The predicted molar refractivity (Wildman–Crippen MR) is 106 cm³/mol. The number of rotatable bonds is 2. The zero-order chi connectivity index (χ0) is 16.5. The highest BCUT2D eigenvalue weighted by molar-refractivity contribution is 14.1. The third kappa shape index (κ3) is 3.26. The molecule has 1 heterocycles. The summed E-state index contributed by atoms with van der Waals surface area (Å²) in [5.74, 6) is 0.677. The molecule has 0 amide bonds. The number of aliphatic hydroxyl groups excluding tert-OH is 1. The van der Waals surface area contributed by atoms with Gasteiger partial charge in [0.15, 0.2) is 0 Å². The Bertz CT molecular complexity index is 694. The molecule has 126 valence electrons. The van der Waals surface area contributed by atoms with Crippen molar-refractivity contribution in [2.24, 2.45) is 0 Å². The number of hydrogen-bond acceptors (Lipinski definition) is 2. The number of piperidine rings is 1. The Kier molecular flexibility index (Phi) is 4.93. The van der Waals surface area contributed by atoms with Crippen LogP contribution in [0.4, 0.5) is 0 Å². The summed E-state index contributed by atoms with van der Waals surface area (Å²) in [5.41, 5.74) is 4.27.